The van der Waals surface area contributed by atoms with Crippen LogP contribution in [-0.4, -0.2) is 21.6 Å². The van der Waals surface area contributed by atoms with Crippen molar-refractivity contribution in [2.75, 3.05) is 7.11 Å². The zero-order valence-corrected chi connectivity index (χ0v) is 14.7. The highest BCUT2D eigenvalue weighted by Crippen LogP contribution is 2.24. The predicted molar refractivity (Wildman–Crippen MR) is 95.6 cm³/mol. The van der Waals surface area contributed by atoms with Crippen LogP contribution in [0.2, 0.25) is 0 Å². The number of ether oxygens (including phenoxy) is 1. The van der Waals surface area contributed by atoms with Gasteiger partial charge in [0.25, 0.3) is 0 Å². The van der Waals surface area contributed by atoms with E-state index in [-0.39, 0.29) is 6.04 Å². The maximum Gasteiger partial charge on any atom is 0.240 e. The number of hydrogen-bond donors (Lipinski definition) is 1. The van der Waals surface area contributed by atoms with Gasteiger partial charge in [-0.25, -0.2) is 13.1 Å². The van der Waals surface area contributed by atoms with Crippen LogP contribution in [0.25, 0.3) is 11.1 Å². The third-order valence-electron chi connectivity index (χ3n) is 4.51. The molecule has 2 aromatic rings. The molecular weight excluding hydrogens is 322 g/mol. The minimum absolute atomic E-state index is 0.0741. The monoisotopic (exact) mass is 345 g/mol. The van der Waals surface area contributed by atoms with E-state index >= 15 is 0 Å². The molecule has 1 aliphatic carbocycles. The van der Waals surface area contributed by atoms with Crippen molar-refractivity contribution in [2.24, 2.45) is 0 Å². The van der Waals surface area contributed by atoms with Gasteiger partial charge in [-0.3, -0.25) is 0 Å². The van der Waals surface area contributed by atoms with Crippen molar-refractivity contribution in [1.29, 1.82) is 0 Å². The van der Waals surface area contributed by atoms with Crippen LogP contribution in [0.4, 0.5) is 0 Å². The number of nitrogens with one attached hydrogen (secondary N) is 1. The molecule has 0 spiro atoms. The number of rotatable bonds is 5. The molecule has 24 heavy (non-hydrogen) atoms. The van der Waals surface area contributed by atoms with E-state index in [1.54, 1.807) is 19.2 Å². The molecule has 1 saturated carbocycles. The van der Waals surface area contributed by atoms with Gasteiger partial charge in [-0.15, -0.1) is 0 Å². The number of methoxy groups -OCH3 is 1. The maximum absolute atomic E-state index is 12.5. The molecule has 0 atom stereocenters. The van der Waals surface area contributed by atoms with Gasteiger partial charge in [0.15, 0.2) is 0 Å². The molecule has 5 heteroatoms. The van der Waals surface area contributed by atoms with E-state index in [1.165, 1.54) is 6.42 Å². The first-order valence-electron chi connectivity index (χ1n) is 8.35. The first-order valence-corrected chi connectivity index (χ1v) is 9.84. The molecule has 1 N–H and O–H groups in total. The van der Waals surface area contributed by atoms with Crippen LogP contribution in [0.15, 0.2) is 53.4 Å². The fraction of sp³-hybridized carbons (Fsp3) is 0.368. The van der Waals surface area contributed by atoms with Gasteiger partial charge in [0.2, 0.25) is 10.0 Å². The van der Waals surface area contributed by atoms with E-state index in [0.717, 1.165) is 42.6 Å². The van der Waals surface area contributed by atoms with E-state index in [9.17, 15) is 8.42 Å². The lowest BCUT2D eigenvalue weighted by molar-refractivity contribution is 0.412. The number of sulfonamides is 1. The predicted octanol–water partition coefficient (Wildman–Crippen LogP) is 3.97. The van der Waals surface area contributed by atoms with Gasteiger partial charge in [-0.2, -0.15) is 0 Å². The Morgan fingerprint density at radius 3 is 1.96 bits per heavy atom. The Labute approximate surface area is 143 Å². The molecule has 2 aromatic carbocycles. The summed E-state index contributed by atoms with van der Waals surface area (Å²) in [4.78, 5) is 0.324. The highest BCUT2D eigenvalue weighted by molar-refractivity contribution is 7.89. The Bertz CT molecular complexity index is 761. The molecule has 1 fully saturated rings. The van der Waals surface area contributed by atoms with Crippen LogP contribution in [0.3, 0.4) is 0 Å². The largest absolute Gasteiger partial charge is 0.497 e. The lowest BCUT2D eigenvalue weighted by atomic mass is 9.96. The Hall–Kier alpha value is -1.85. The van der Waals surface area contributed by atoms with Crippen molar-refractivity contribution >= 4 is 10.0 Å². The van der Waals surface area contributed by atoms with Crippen LogP contribution in [-0.2, 0) is 10.0 Å². The minimum atomic E-state index is -3.44. The van der Waals surface area contributed by atoms with Crippen molar-refractivity contribution < 1.29 is 13.2 Å². The van der Waals surface area contributed by atoms with E-state index in [1.807, 2.05) is 36.4 Å². The second-order valence-corrected chi connectivity index (χ2v) is 7.92. The summed E-state index contributed by atoms with van der Waals surface area (Å²) in [5, 5.41) is 0. The van der Waals surface area contributed by atoms with Crippen molar-refractivity contribution in [2.45, 2.75) is 43.0 Å². The smallest absolute Gasteiger partial charge is 0.240 e. The summed E-state index contributed by atoms with van der Waals surface area (Å²) in [5.74, 6) is 0.801. The molecule has 4 nitrogen and oxygen atoms in total. The normalized spacial score (nSPS) is 16.0. The van der Waals surface area contributed by atoms with Crippen LogP contribution in [0.5, 0.6) is 5.75 Å². The topological polar surface area (TPSA) is 55.4 Å². The highest BCUT2D eigenvalue weighted by Gasteiger charge is 2.21. The first kappa shape index (κ1) is 17.0. The summed E-state index contributed by atoms with van der Waals surface area (Å²) in [7, 11) is -1.81. The quantitative estimate of drug-likeness (QED) is 0.892. The van der Waals surface area contributed by atoms with Crippen LogP contribution in [0, 0.1) is 0 Å². The van der Waals surface area contributed by atoms with Gasteiger partial charge >= 0.3 is 0 Å². The zero-order chi connectivity index (χ0) is 17.0. The first-order chi connectivity index (χ1) is 11.6. The molecule has 3 rings (SSSR count). The molecule has 0 saturated heterocycles. The summed E-state index contributed by atoms with van der Waals surface area (Å²) in [5.41, 5.74) is 2.01. The molecule has 0 bridgehead atoms. The molecule has 0 aromatic heterocycles. The minimum Gasteiger partial charge on any atom is -0.497 e. The van der Waals surface area contributed by atoms with Crippen molar-refractivity contribution in [3.05, 3.63) is 48.5 Å². The van der Waals surface area contributed by atoms with Crippen molar-refractivity contribution in [3.63, 3.8) is 0 Å². The molecule has 0 radical (unpaired) electrons. The summed E-state index contributed by atoms with van der Waals surface area (Å²) in [6, 6.07) is 14.8. The van der Waals surface area contributed by atoms with Gasteiger partial charge < -0.3 is 4.74 Å². The van der Waals surface area contributed by atoms with E-state index in [0.29, 0.717) is 4.90 Å². The van der Waals surface area contributed by atoms with E-state index in [4.69, 9.17) is 4.74 Å². The SMILES string of the molecule is COc1ccc(-c2ccc(S(=O)(=O)NC3CCCCC3)cc2)cc1. The van der Waals surface area contributed by atoms with Crippen LogP contribution >= 0.6 is 0 Å². The Morgan fingerprint density at radius 1 is 0.875 bits per heavy atom. The molecular formula is C19H23NO3S. The van der Waals surface area contributed by atoms with Crippen molar-refractivity contribution in [3.8, 4) is 16.9 Å². The third-order valence-corrected chi connectivity index (χ3v) is 6.05. The van der Waals surface area contributed by atoms with Crippen molar-refractivity contribution in [1.82, 2.24) is 4.72 Å². The van der Waals surface area contributed by atoms with Crippen LogP contribution < -0.4 is 9.46 Å². The summed E-state index contributed by atoms with van der Waals surface area (Å²) in [6.07, 6.45) is 5.27. The Kier molecular flexibility index (Phi) is 5.21. The van der Waals surface area contributed by atoms with Crippen LogP contribution in [0.1, 0.15) is 32.1 Å². The van der Waals surface area contributed by atoms with Gasteiger partial charge in [-0.1, -0.05) is 43.5 Å². The second kappa shape index (κ2) is 7.36. The lowest BCUT2D eigenvalue weighted by Gasteiger charge is -2.22. The molecule has 0 heterocycles. The lowest BCUT2D eigenvalue weighted by Crippen LogP contribution is -2.36. The summed E-state index contributed by atoms with van der Waals surface area (Å²) in [6.45, 7) is 0. The van der Waals surface area contributed by atoms with Gasteiger partial charge in [-0.05, 0) is 48.2 Å². The zero-order valence-electron chi connectivity index (χ0n) is 13.9. The van der Waals surface area contributed by atoms with Gasteiger partial charge in [0.1, 0.15) is 5.75 Å². The average molecular weight is 345 g/mol. The summed E-state index contributed by atoms with van der Waals surface area (Å²) >= 11 is 0. The second-order valence-electron chi connectivity index (χ2n) is 6.21. The Balaban J connectivity index is 1.75. The fourth-order valence-electron chi connectivity index (χ4n) is 3.12. The van der Waals surface area contributed by atoms with E-state index < -0.39 is 10.0 Å². The summed E-state index contributed by atoms with van der Waals surface area (Å²) < 4.78 is 33.0. The fourth-order valence-corrected chi connectivity index (χ4v) is 4.42. The molecule has 0 aliphatic heterocycles. The molecule has 1 aliphatic rings. The van der Waals surface area contributed by atoms with Gasteiger partial charge in [0, 0.05) is 6.04 Å². The van der Waals surface area contributed by atoms with Gasteiger partial charge in [0.05, 0.1) is 12.0 Å². The molecule has 128 valence electrons. The number of benzene rings is 2. The highest BCUT2D eigenvalue weighted by atomic mass is 32.2. The Morgan fingerprint density at radius 2 is 1.42 bits per heavy atom. The number of hydrogen-bond acceptors (Lipinski definition) is 3. The molecule has 0 amide bonds. The average Bonchev–Trinajstić information content (AvgIpc) is 2.62. The maximum atomic E-state index is 12.5. The van der Waals surface area contributed by atoms with E-state index in [2.05, 4.69) is 4.72 Å². The standard InChI is InChI=1S/C19H23NO3S/c1-23-18-11-7-15(8-12-18)16-9-13-19(14-10-16)24(21,22)20-17-5-3-2-4-6-17/h7-14,17,20H,2-6H2,1H3. The third kappa shape index (κ3) is 3.97. The molecule has 0 unspecified atom stereocenters.